The standard InChI is InChI=1S/C15H14BrNO2/c16-13-7-3-2-6-12(13)15(19)17-10-9-11-5-1-4-8-14(11)18/h1-8,18H,9-10H2,(H,17,19). The molecule has 2 aromatic rings. The predicted octanol–water partition coefficient (Wildman–Crippen LogP) is 3.13. The maximum absolute atomic E-state index is 11.9. The Morgan fingerprint density at radius 3 is 2.53 bits per heavy atom. The van der Waals surface area contributed by atoms with E-state index < -0.39 is 0 Å². The maximum Gasteiger partial charge on any atom is 0.252 e. The van der Waals surface area contributed by atoms with Crippen LogP contribution < -0.4 is 5.32 Å². The van der Waals surface area contributed by atoms with Gasteiger partial charge in [0.25, 0.3) is 5.91 Å². The second kappa shape index (κ2) is 6.38. The number of para-hydroxylation sites is 1. The lowest BCUT2D eigenvalue weighted by Crippen LogP contribution is -2.26. The first-order valence-corrected chi connectivity index (χ1v) is 6.77. The molecule has 0 aliphatic rings. The Morgan fingerprint density at radius 1 is 1.11 bits per heavy atom. The van der Waals surface area contributed by atoms with Gasteiger partial charge in [-0.05, 0) is 46.1 Å². The van der Waals surface area contributed by atoms with Gasteiger partial charge < -0.3 is 10.4 Å². The second-order valence-corrected chi connectivity index (χ2v) is 4.97. The number of hydrogen-bond donors (Lipinski definition) is 2. The summed E-state index contributed by atoms with van der Waals surface area (Å²) < 4.78 is 0.773. The summed E-state index contributed by atoms with van der Waals surface area (Å²) in [5.41, 5.74) is 1.44. The number of nitrogens with one attached hydrogen (secondary N) is 1. The zero-order valence-electron chi connectivity index (χ0n) is 10.3. The van der Waals surface area contributed by atoms with E-state index in [2.05, 4.69) is 21.2 Å². The van der Waals surface area contributed by atoms with Gasteiger partial charge in [-0.2, -0.15) is 0 Å². The zero-order chi connectivity index (χ0) is 13.7. The molecule has 0 aromatic heterocycles. The van der Waals surface area contributed by atoms with Crippen LogP contribution in [0.15, 0.2) is 53.0 Å². The minimum absolute atomic E-state index is 0.122. The highest BCUT2D eigenvalue weighted by Crippen LogP contribution is 2.17. The fourth-order valence-corrected chi connectivity index (χ4v) is 2.24. The molecule has 2 N–H and O–H groups in total. The van der Waals surface area contributed by atoms with Gasteiger partial charge in [0.2, 0.25) is 0 Å². The number of benzene rings is 2. The lowest BCUT2D eigenvalue weighted by molar-refractivity contribution is 0.0953. The van der Waals surface area contributed by atoms with E-state index in [1.54, 1.807) is 18.2 Å². The molecule has 2 aromatic carbocycles. The fourth-order valence-electron chi connectivity index (χ4n) is 1.77. The SMILES string of the molecule is O=C(NCCc1ccccc1O)c1ccccc1Br. The van der Waals surface area contributed by atoms with Crippen molar-refractivity contribution in [1.29, 1.82) is 0 Å². The number of hydrogen-bond acceptors (Lipinski definition) is 2. The van der Waals surface area contributed by atoms with Gasteiger partial charge in [-0.15, -0.1) is 0 Å². The Morgan fingerprint density at radius 2 is 1.79 bits per heavy atom. The van der Waals surface area contributed by atoms with E-state index >= 15 is 0 Å². The molecule has 4 heteroatoms. The molecule has 0 heterocycles. The van der Waals surface area contributed by atoms with E-state index in [1.165, 1.54) is 0 Å². The van der Waals surface area contributed by atoms with Crippen LogP contribution in [0, 0.1) is 0 Å². The first-order valence-electron chi connectivity index (χ1n) is 5.98. The van der Waals surface area contributed by atoms with Crippen LogP contribution in [0.1, 0.15) is 15.9 Å². The van der Waals surface area contributed by atoms with Gasteiger partial charge in [-0.25, -0.2) is 0 Å². The number of phenols is 1. The van der Waals surface area contributed by atoms with E-state index in [0.29, 0.717) is 18.5 Å². The van der Waals surface area contributed by atoms with E-state index in [1.807, 2.05) is 30.3 Å². The number of phenolic OH excluding ortho intramolecular Hbond substituents is 1. The Balaban J connectivity index is 1.92. The third-order valence-corrected chi connectivity index (χ3v) is 3.48. The largest absolute Gasteiger partial charge is 0.508 e. The van der Waals surface area contributed by atoms with Crippen molar-refractivity contribution in [3.63, 3.8) is 0 Å². The summed E-state index contributed by atoms with van der Waals surface area (Å²) in [6, 6.07) is 14.4. The molecule has 3 nitrogen and oxygen atoms in total. The molecule has 0 radical (unpaired) electrons. The lowest BCUT2D eigenvalue weighted by Gasteiger charge is -2.07. The van der Waals surface area contributed by atoms with Crippen LogP contribution >= 0.6 is 15.9 Å². The van der Waals surface area contributed by atoms with Gasteiger partial charge in [-0.1, -0.05) is 30.3 Å². The van der Waals surface area contributed by atoms with Crippen molar-refractivity contribution in [3.8, 4) is 5.75 Å². The summed E-state index contributed by atoms with van der Waals surface area (Å²) in [6.45, 7) is 0.484. The first-order chi connectivity index (χ1) is 9.18. The van der Waals surface area contributed by atoms with E-state index in [-0.39, 0.29) is 11.7 Å². The molecule has 0 bridgehead atoms. The van der Waals surface area contributed by atoms with Gasteiger partial charge in [0, 0.05) is 11.0 Å². The molecule has 0 fully saturated rings. The Labute approximate surface area is 120 Å². The van der Waals surface area contributed by atoms with E-state index in [0.717, 1.165) is 10.0 Å². The van der Waals surface area contributed by atoms with Gasteiger partial charge in [-0.3, -0.25) is 4.79 Å². The number of carbonyl (C=O) groups excluding carboxylic acids is 1. The molecule has 0 aliphatic heterocycles. The number of aromatic hydroxyl groups is 1. The molecule has 0 saturated carbocycles. The molecule has 0 atom stereocenters. The molecular formula is C15H14BrNO2. The molecule has 98 valence electrons. The number of amides is 1. The van der Waals surface area contributed by atoms with Crippen LogP contribution in [0.2, 0.25) is 0 Å². The molecule has 0 aliphatic carbocycles. The molecule has 0 saturated heterocycles. The highest BCUT2D eigenvalue weighted by molar-refractivity contribution is 9.10. The Hall–Kier alpha value is -1.81. The van der Waals surface area contributed by atoms with E-state index in [9.17, 15) is 9.90 Å². The summed E-state index contributed by atoms with van der Waals surface area (Å²) in [4.78, 5) is 11.9. The van der Waals surface area contributed by atoms with Crippen LogP contribution in [0.25, 0.3) is 0 Å². The zero-order valence-corrected chi connectivity index (χ0v) is 11.9. The quantitative estimate of drug-likeness (QED) is 0.909. The van der Waals surface area contributed by atoms with Crippen molar-refractivity contribution in [2.45, 2.75) is 6.42 Å². The normalized spacial score (nSPS) is 10.2. The minimum atomic E-state index is -0.122. The smallest absolute Gasteiger partial charge is 0.252 e. The number of halogens is 1. The van der Waals surface area contributed by atoms with Gasteiger partial charge in [0.1, 0.15) is 5.75 Å². The fraction of sp³-hybridized carbons (Fsp3) is 0.133. The molecule has 0 unspecified atom stereocenters. The minimum Gasteiger partial charge on any atom is -0.508 e. The monoisotopic (exact) mass is 319 g/mol. The van der Waals surface area contributed by atoms with Gasteiger partial charge in [0.05, 0.1) is 5.56 Å². The molecular weight excluding hydrogens is 306 g/mol. The average molecular weight is 320 g/mol. The van der Waals surface area contributed by atoms with Crippen molar-refractivity contribution in [2.75, 3.05) is 6.54 Å². The summed E-state index contributed by atoms with van der Waals surface area (Å²) in [6.07, 6.45) is 0.600. The van der Waals surface area contributed by atoms with Crippen LogP contribution in [0.3, 0.4) is 0 Å². The average Bonchev–Trinajstić information content (AvgIpc) is 2.41. The van der Waals surface area contributed by atoms with Crippen molar-refractivity contribution in [2.24, 2.45) is 0 Å². The summed E-state index contributed by atoms with van der Waals surface area (Å²) in [7, 11) is 0. The van der Waals surface area contributed by atoms with Gasteiger partial charge in [0.15, 0.2) is 0 Å². The third-order valence-electron chi connectivity index (χ3n) is 2.79. The van der Waals surface area contributed by atoms with Crippen LogP contribution in [0.4, 0.5) is 0 Å². The second-order valence-electron chi connectivity index (χ2n) is 4.11. The topological polar surface area (TPSA) is 49.3 Å². The van der Waals surface area contributed by atoms with Gasteiger partial charge >= 0.3 is 0 Å². The summed E-state index contributed by atoms with van der Waals surface area (Å²) in [5, 5.41) is 12.5. The highest BCUT2D eigenvalue weighted by atomic mass is 79.9. The van der Waals surface area contributed by atoms with Crippen molar-refractivity contribution >= 4 is 21.8 Å². The van der Waals surface area contributed by atoms with Crippen molar-refractivity contribution in [3.05, 3.63) is 64.1 Å². The number of carbonyl (C=O) groups is 1. The lowest BCUT2D eigenvalue weighted by atomic mass is 10.1. The highest BCUT2D eigenvalue weighted by Gasteiger charge is 2.08. The molecule has 1 amide bonds. The number of rotatable bonds is 4. The summed E-state index contributed by atoms with van der Waals surface area (Å²) in [5.74, 6) is 0.139. The third kappa shape index (κ3) is 3.58. The first kappa shape index (κ1) is 13.6. The predicted molar refractivity (Wildman–Crippen MR) is 78.3 cm³/mol. The van der Waals surface area contributed by atoms with Crippen LogP contribution in [-0.2, 0) is 6.42 Å². The maximum atomic E-state index is 11.9. The van der Waals surface area contributed by atoms with E-state index in [4.69, 9.17) is 0 Å². The molecule has 19 heavy (non-hydrogen) atoms. The van der Waals surface area contributed by atoms with Crippen LogP contribution in [-0.4, -0.2) is 17.6 Å². The summed E-state index contributed by atoms with van der Waals surface area (Å²) >= 11 is 3.34. The van der Waals surface area contributed by atoms with Crippen LogP contribution in [0.5, 0.6) is 5.75 Å². The van der Waals surface area contributed by atoms with Crippen molar-refractivity contribution < 1.29 is 9.90 Å². The van der Waals surface area contributed by atoms with Crippen molar-refractivity contribution in [1.82, 2.24) is 5.32 Å². The Kier molecular flexibility index (Phi) is 4.58. The molecule has 2 rings (SSSR count). The Bertz CT molecular complexity index is 584. The molecule has 0 spiro atoms.